The number of nitrogens with two attached hydrogens (primary N) is 1. The summed E-state index contributed by atoms with van der Waals surface area (Å²) in [5, 5.41) is 9.81. The minimum atomic E-state index is -0.546. The van der Waals surface area contributed by atoms with Crippen molar-refractivity contribution in [2.45, 2.75) is 26.4 Å². The van der Waals surface area contributed by atoms with Gasteiger partial charge in [-0.15, -0.1) is 0 Å². The zero-order valence-corrected chi connectivity index (χ0v) is 10.2. The number of benzene rings is 1. The SMILES string of the molecule is CC[C@@H](O)c1ccccc1OCC(C)C(N)=O. The Morgan fingerprint density at radius 1 is 1.47 bits per heavy atom. The fourth-order valence-corrected chi connectivity index (χ4v) is 1.40. The minimum Gasteiger partial charge on any atom is -0.492 e. The van der Waals surface area contributed by atoms with Gasteiger partial charge in [-0.3, -0.25) is 4.79 Å². The lowest BCUT2D eigenvalue weighted by Crippen LogP contribution is -2.26. The molecule has 3 N–H and O–H groups in total. The molecule has 0 fully saturated rings. The van der Waals surface area contributed by atoms with Crippen LogP contribution >= 0.6 is 0 Å². The smallest absolute Gasteiger partial charge is 0.223 e. The van der Waals surface area contributed by atoms with Crippen LogP contribution in [0.15, 0.2) is 24.3 Å². The van der Waals surface area contributed by atoms with E-state index in [9.17, 15) is 9.90 Å². The Morgan fingerprint density at radius 3 is 2.71 bits per heavy atom. The number of aliphatic hydroxyl groups excluding tert-OH is 1. The maximum atomic E-state index is 10.9. The standard InChI is InChI=1S/C13H19NO3/c1-3-11(15)10-6-4-5-7-12(10)17-8-9(2)13(14)16/h4-7,9,11,15H,3,8H2,1-2H3,(H2,14,16)/t9?,11-/m1/s1. The third-order valence-electron chi connectivity index (χ3n) is 2.64. The molecule has 1 rings (SSSR count). The molecule has 4 heteroatoms. The topological polar surface area (TPSA) is 72.6 Å². The van der Waals surface area contributed by atoms with E-state index in [0.29, 0.717) is 12.2 Å². The van der Waals surface area contributed by atoms with Crippen molar-refractivity contribution >= 4 is 5.91 Å². The van der Waals surface area contributed by atoms with Crippen LogP contribution in [0.4, 0.5) is 0 Å². The highest BCUT2D eigenvalue weighted by Gasteiger charge is 2.14. The van der Waals surface area contributed by atoms with Crippen LogP contribution in [0, 0.1) is 5.92 Å². The number of hydrogen-bond acceptors (Lipinski definition) is 3. The molecule has 1 aromatic rings. The van der Waals surface area contributed by atoms with E-state index in [1.54, 1.807) is 13.0 Å². The molecule has 0 saturated carbocycles. The first-order valence-corrected chi connectivity index (χ1v) is 5.75. The van der Waals surface area contributed by atoms with Gasteiger partial charge in [0, 0.05) is 5.56 Å². The number of primary amides is 1. The normalized spacial score (nSPS) is 14.1. The molecule has 0 radical (unpaired) electrons. The average molecular weight is 237 g/mol. The molecule has 0 saturated heterocycles. The van der Waals surface area contributed by atoms with Crippen LogP contribution in [-0.4, -0.2) is 17.6 Å². The number of para-hydroxylation sites is 1. The van der Waals surface area contributed by atoms with Gasteiger partial charge in [0.05, 0.1) is 18.6 Å². The van der Waals surface area contributed by atoms with Gasteiger partial charge in [-0.1, -0.05) is 32.0 Å². The molecule has 0 heterocycles. The van der Waals surface area contributed by atoms with Gasteiger partial charge in [-0.2, -0.15) is 0 Å². The molecule has 0 aromatic heterocycles. The lowest BCUT2D eigenvalue weighted by atomic mass is 10.1. The van der Waals surface area contributed by atoms with Gasteiger partial charge in [0.25, 0.3) is 0 Å². The molecule has 0 bridgehead atoms. The van der Waals surface area contributed by atoms with E-state index < -0.39 is 12.0 Å². The van der Waals surface area contributed by atoms with Crippen LogP contribution in [0.2, 0.25) is 0 Å². The van der Waals surface area contributed by atoms with Crippen LogP contribution in [0.3, 0.4) is 0 Å². The summed E-state index contributed by atoms with van der Waals surface area (Å²) >= 11 is 0. The number of amides is 1. The van der Waals surface area contributed by atoms with Gasteiger partial charge in [0.15, 0.2) is 0 Å². The van der Waals surface area contributed by atoms with Crippen molar-refractivity contribution < 1.29 is 14.6 Å². The summed E-state index contributed by atoms with van der Waals surface area (Å²) in [4.78, 5) is 10.9. The first-order valence-electron chi connectivity index (χ1n) is 5.75. The minimum absolute atomic E-state index is 0.225. The van der Waals surface area contributed by atoms with E-state index in [0.717, 1.165) is 5.56 Å². The number of rotatable bonds is 6. The molecular formula is C13H19NO3. The number of ether oxygens (including phenoxy) is 1. The summed E-state index contributed by atoms with van der Waals surface area (Å²) in [6.45, 7) is 3.83. The van der Waals surface area contributed by atoms with Gasteiger partial charge < -0.3 is 15.6 Å². The van der Waals surface area contributed by atoms with Crippen LogP contribution < -0.4 is 10.5 Å². The number of hydrogen-bond donors (Lipinski definition) is 2. The molecule has 1 unspecified atom stereocenters. The Bertz CT molecular complexity index is 379. The molecule has 0 spiro atoms. The highest BCUT2D eigenvalue weighted by atomic mass is 16.5. The predicted octanol–water partition coefficient (Wildman–Crippen LogP) is 1.63. The zero-order chi connectivity index (χ0) is 12.8. The summed E-state index contributed by atoms with van der Waals surface area (Å²) in [6, 6.07) is 7.27. The molecule has 0 aliphatic carbocycles. The molecule has 1 amide bonds. The highest BCUT2D eigenvalue weighted by molar-refractivity contribution is 5.76. The number of aliphatic hydroxyl groups is 1. The zero-order valence-electron chi connectivity index (χ0n) is 10.2. The van der Waals surface area contributed by atoms with E-state index >= 15 is 0 Å². The van der Waals surface area contributed by atoms with Crippen molar-refractivity contribution in [1.82, 2.24) is 0 Å². The van der Waals surface area contributed by atoms with Crippen molar-refractivity contribution in [1.29, 1.82) is 0 Å². The Balaban J connectivity index is 2.73. The monoisotopic (exact) mass is 237 g/mol. The van der Waals surface area contributed by atoms with Crippen LogP contribution in [-0.2, 0) is 4.79 Å². The second-order valence-electron chi connectivity index (χ2n) is 4.08. The summed E-state index contributed by atoms with van der Waals surface area (Å²) in [5.41, 5.74) is 5.90. The van der Waals surface area contributed by atoms with Crippen molar-refractivity contribution in [3.8, 4) is 5.75 Å². The van der Waals surface area contributed by atoms with Crippen LogP contribution in [0.1, 0.15) is 31.9 Å². The first-order chi connectivity index (χ1) is 8.06. The van der Waals surface area contributed by atoms with Crippen molar-refractivity contribution in [3.63, 3.8) is 0 Å². The summed E-state index contributed by atoms with van der Waals surface area (Å²) in [7, 11) is 0. The summed E-state index contributed by atoms with van der Waals surface area (Å²) < 4.78 is 5.52. The molecule has 2 atom stereocenters. The summed E-state index contributed by atoms with van der Waals surface area (Å²) in [5.74, 6) is -0.129. The fraction of sp³-hybridized carbons (Fsp3) is 0.462. The molecule has 0 aliphatic rings. The van der Waals surface area contributed by atoms with E-state index in [2.05, 4.69) is 0 Å². The Morgan fingerprint density at radius 2 is 2.12 bits per heavy atom. The van der Waals surface area contributed by atoms with Gasteiger partial charge in [0.1, 0.15) is 5.75 Å². The van der Waals surface area contributed by atoms with Gasteiger partial charge in [0.2, 0.25) is 5.91 Å². The second-order valence-corrected chi connectivity index (χ2v) is 4.08. The van der Waals surface area contributed by atoms with E-state index in [1.165, 1.54) is 0 Å². The molecule has 17 heavy (non-hydrogen) atoms. The lowest BCUT2D eigenvalue weighted by Gasteiger charge is -2.16. The van der Waals surface area contributed by atoms with E-state index in [-0.39, 0.29) is 12.5 Å². The fourth-order valence-electron chi connectivity index (χ4n) is 1.40. The maximum Gasteiger partial charge on any atom is 0.223 e. The third-order valence-corrected chi connectivity index (χ3v) is 2.64. The molecule has 1 aromatic carbocycles. The van der Waals surface area contributed by atoms with Gasteiger partial charge >= 0.3 is 0 Å². The van der Waals surface area contributed by atoms with Gasteiger partial charge in [-0.25, -0.2) is 0 Å². The van der Waals surface area contributed by atoms with Crippen molar-refractivity contribution in [3.05, 3.63) is 29.8 Å². The number of carbonyl (C=O) groups excluding carboxylic acids is 1. The number of carbonyl (C=O) groups is 1. The molecule has 4 nitrogen and oxygen atoms in total. The molecular weight excluding hydrogens is 218 g/mol. The van der Waals surface area contributed by atoms with Crippen molar-refractivity contribution in [2.24, 2.45) is 11.7 Å². The first kappa shape index (κ1) is 13.5. The second kappa shape index (κ2) is 6.25. The Hall–Kier alpha value is -1.55. The molecule has 94 valence electrons. The Labute approximate surface area is 101 Å². The average Bonchev–Trinajstić information content (AvgIpc) is 2.35. The highest BCUT2D eigenvalue weighted by Crippen LogP contribution is 2.27. The van der Waals surface area contributed by atoms with Crippen molar-refractivity contribution in [2.75, 3.05) is 6.61 Å². The summed E-state index contributed by atoms with van der Waals surface area (Å²) in [6.07, 6.45) is 0.0706. The Kier molecular flexibility index (Phi) is 4.97. The van der Waals surface area contributed by atoms with E-state index in [4.69, 9.17) is 10.5 Å². The third kappa shape index (κ3) is 3.75. The predicted molar refractivity (Wildman–Crippen MR) is 65.5 cm³/mol. The quantitative estimate of drug-likeness (QED) is 0.789. The van der Waals surface area contributed by atoms with E-state index in [1.807, 2.05) is 25.1 Å². The largest absolute Gasteiger partial charge is 0.492 e. The van der Waals surface area contributed by atoms with Crippen LogP contribution in [0.5, 0.6) is 5.75 Å². The molecule has 0 aliphatic heterocycles. The lowest BCUT2D eigenvalue weighted by molar-refractivity contribution is -0.122. The maximum absolute atomic E-state index is 10.9. The van der Waals surface area contributed by atoms with Gasteiger partial charge in [-0.05, 0) is 12.5 Å². The van der Waals surface area contributed by atoms with Crippen LogP contribution in [0.25, 0.3) is 0 Å².